The minimum absolute atomic E-state index is 0.348. The Morgan fingerprint density at radius 1 is 1.48 bits per heavy atom. The molecule has 0 heterocycles. The Morgan fingerprint density at radius 2 is 2.19 bits per heavy atom. The average molecular weight is 307 g/mol. The summed E-state index contributed by atoms with van der Waals surface area (Å²) >= 11 is 1.51. The van der Waals surface area contributed by atoms with E-state index in [1.165, 1.54) is 11.8 Å². The molecule has 21 heavy (non-hydrogen) atoms. The molecule has 7 heteroatoms. The summed E-state index contributed by atoms with van der Waals surface area (Å²) in [5.74, 6) is -0.429. The van der Waals surface area contributed by atoms with E-state index >= 15 is 0 Å². The lowest BCUT2D eigenvalue weighted by atomic mass is 10.1. The van der Waals surface area contributed by atoms with Gasteiger partial charge in [-0.1, -0.05) is 6.07 Å². The van der Waals surface area contributed by atoms with Crippen LogP contribution in [0.2, 0.25) is 0 Å². The summed E-state index contributed by atoms with van der Waals surface area (Å²) in [5.41, 5.74) is 1.70. The van der Waals surface area contributed by atoms with Gasteiger partial charge >= 0.3 is 12.0 Å². The maximum atomic E-state index is 11.9. The molecule has 1 rings (SSSR count). The van der Waals surface area contributed by atoms with Gasteiger partial charge in [-0.15, -0.1) is 0 Å². The number of aliphatic carboxylic acids is 1. The smallest absolute Gasteiger partial charge is 0.326 e. The highest BCUT2D eigenvalue weighted by Gasteiger charge is 2.19. The number of rotatable bonds is 6. The van der Waals surface area contributed by atoms with E-state index in [1.54, 1.807) is 25.1 Å². The van der Waals surface area contributed by atoms with Crippen molar-refractivity contribution in [3.63, 3.8) is 0 Å². The molecule has 0 bridgehead atoms. The number of carbonyl (C=O) groups is 2. The average Bonchev–Trinajstić information content (AvgIpc) is 2.45. The number of nitrogens with one attached hydrogen (secondary N) is 2. The molecule has 2 amide bonds. The number of hydrogen-bond donors (Lipinski definition) is 3. The number of amides is 2. The van der Waals surface area contributed by atoms with Gasteiger partial charge in [-0.25, -0.2) is 9.59 Å². The Labute approximate surface area is 127 Å². The molecule has 1 aromatic carbocycles. The lowest BCUT2D eigenvalue weighted by molar-refractivity contribution is -0.139. The van der Waals surface area contributed by atoms with Crippen LogP contribution in [0.25, 0.3) is 0 Å². The van der Waals surface area contributed by atoms with Gasteiger partial charge in [-0.3, -0.25) is 0 Å². The van der Waals surface area contributed by atoms with Crippen LogP contribution in [0.4, 0.5) is 10.5 Å². The quantitative estimate of drug-likeness (QED) is 0.747. The molecule has 0 saturated carbocycles. The van der Waals surface area contributed by atoms with Gasteiger partial charge in [0, 0.05) is 5.69 Å². The number of carbonyl (C=O) groups excluding carboxylic acids is 1. The molecular formula is C14H17N3O3S. The van der Waals surface area contributed by atoms with E-state index in [4.69, 9.17) is 10.4 Å². The van der Waals surface area contributed by atoms with Crippen LogP contribution < -0.4 is 10.6 Å². The molecule has 0 radical (unpaired) electrons. The summed E-state index contributed by atoms with van der Waals surface area (Å²) in [6, 6.07) is 5.37. The molecule has 112 valence electrons. The molecule has 0 aliphatic heterocycles. The molecule has 0 aliphatic carbocycles. The number of aryl methyl sites for hydroxylation is 1. The predicted molar refractivity (Wildman–Crippen MR) is 82.5 cm³/mol. The first kappa shape index (κ1) is 16.9. The normalized spacial score (nSPS) is 11.3. The molecule has 3 N–H and O–H groups in total. The third kappa shape index (κ3) is 5.36. The number of anilines is 1. The van der Waals surface area contributed by atoms with Gasteiger partial charge in [0.15, 0.2) is 0 Å². The Bertz CT molecular complexity index is 569. The van der Waals surface area contributed by atoms with Crippen molar-refractivity contribution in [2.45, 2.75) is 19.4 Å². The second-order valence-corrected chi connectivity index (χ2v) is 5.40. The number of nitrogens with zero attached hydrogens (tertiary/aromatic N) is 1. The Morgan fingerprint density at radius 3 is 2.76 bits per heavy atom. The molecule has 1 atom stereocenters. The highest BCUT2D eigenvalue weighted by atomic mass is 32.2. The topological polar surface area (TPSA) is 102 Å². The molecule has 6 nitrogen and oxygen atoms in total. The Kier molecular flexibility index (Phi) is 6.56. The predicted octanol–water partition coefficient (Wildman–Crippen LogP) is 2.19. The second-order valence-electron chi connectivity index (χ2n) is 4.41. The van der Waals surface area contributed by atoms with E-state index in [2.05, 4.69) is 10.6 Å². The van der Waals surface area contributed by atoms with E-state index < -0.39 is 18.0 Å². The van der Waals surface area contributed by atoms with Gasteiger partial charge in [-0.2, -0.15) is 17.0 Å². The van der Waals surface area contributed by atoms with Gasteiger partial charge in [0.05, 0.1) is 11.6 Å². The van der Waals surface area contributed by atoms with Crippen LogP contribution in [0, 0.1) is 18.3 Å². The number of carboxylic acids is 1. The van der Waals surface area contributed by atoms with E-state index in [1.807, 2.05) is 12.3 Å². The van der Waals surface area contributed by atoms with E-state index in [-0.39, 0.29) is 0 Å². The van der Waals surface area contributed by atoms with Crippen molar-refractivity contribution >= 4 is 29.4 Å². The first-order valence-corrected chi connectivity index (χ1v) is 7.67. The van der Waals surface area contributed by atoms with Crippen molar-refractivity contribution in [1.82, 2.24) is 5.32 Å². The fourth-order valence-corrected chi connectivity index (χ4v) is 2.11. The minimum atomic E-state index is -1.07. The number of nitriles is 1. The number of thioether (sulfide) groups is 1. The van der Waals surface area contributed by atoms with Crippen molar-refractivity contribution in [3.8, 4) is 6.07 Å². The molecule has 0 saturated heterocycles. The lowest BCUT2D eigenvalue weighted by Crippen LogP contribution is -2.43. The van der Waals surface area contributed by atoms with Crippen LogP contribution in [0.3, 0.4) is 0 Å². The number of benzene rings is 1. The van der Waals surface area contributed by atoms with Crippen LogP contribution in [0.5, 0.6) is 0 Å². The minimum Gasteiger partial charge on any atom is -0.480 e. The van der Waals surface area contributed by atoms with Gasteiger partial charge in [0.1, 0.15) is 6.04 Å². The SMILES string of the molecule is CSCCC(NC(=O)Nc1cc(C#N)ccc1C)C(=O)O. The van der Waals surface area contributed by atoms with Crippen LogP contribution in [0.1, 0.15) is 17.5 Å². The number of urea groups is 1. The van der Waals surface area contributed by atoms with Crippen molar-refractivity contribution in [1.29, 1.82) is 5.26 Å². The summed E-state index contributed by atoms with van der Waals surface area (Å²) in [4.78, 5) is 22.9. The highest BCUT2D eigenvalue weighted by Crippen LogP contribution is 2.16. The van der Waals surface area contributed by atoms with E-state index in [0.717, 1.165) is 5.56 Å². The van der Waals surface area contributed by atoms with Gasteiger partial charge < -0.3 is 15.7 Å². The van der Waals surface area contributed by atoms with Gasteiger partial charge in [0.2, 0.25) is 0 Å². The standard InChI is InChI=1S/C14H17N3O3S/c1-9-3-4-10(8-15)7-12(9)17-14(20)16-11(13(18)19)5-6-21-2/h3-4,7,11H,5-6H2,1-2H3,(H,18,19)(H2,16,17,20). The molecule has 0 fully saturated rings. The first-order chi connectivity index (χ1) is 9.97. The zero-order valence-corrected chi connectivity index (χ0v) is 12.7. The highest BCUT2D eigenvalue weighted by molar-refractivity contribution is 7.98. The van der Waals surface area contributed by atoms with Crippen LogP contribution in [-0.4, -0.2) is 35.2 Å². The number of carboxylic acid groups (broad SMARTS) is 1. The van der Waals surface area contributed by atoms with Crippen LogP contribution in [0.15, 0.2) is 18.2 Å². The maximum Gasteiger partial charge on any atom is 0.326 e. The summed E-state index contributed by atoms with van der Waals surface area (Å²) in [6.45, 7) is 1.79. The fraction of sp³-hybridized carbons (Fsp3) is 0.357. The zero-order chi connectivity index (χ0) is 15.8. The number of hydrogen-bond acceptors (Lipinski definition) is 4. The van der Waals surface area contributed by atoms with E-state index in [0.29, 0.717) is 23.4 Å². The van der Waals surface area contributed by atoms with Crippen molar-refractivity contribution in [2.24, 2.45) is 0 Å². The van der Waals surface area contributed by atoms with Crippen LogP contribution >= 0.6 is 11.8 Å². The van der Waals surface area contributed by atoms with E-state index in [9.17, 15) is 9.59 Å². The summed E-state index contributed by atoms with van der Waals surface area (Å²) in [5, 5.41) is 22.9. The monoisotopic (exact) mass is 307 g/mol. The Balaban J connectivity index is 2.72. The van der Waals surface area contributed by atoms with Crippen molar-refractivity contribution in [2.75, 3.05) is 17.3 Å². The molecular weight excluding hydrogens is 290 g/mol. The summed E-state index contributed by atoms with van der Waals surface area (Å²) < 4.78 is 0. The molecule has 1 unspecified atom stereocenters. The first-order valence-electron chi connectivity index (χ1n) is 6.28. The lowest BCUT2D eigenvalue weighted by Gasteiger charge is -2.15. The fourth-order valence-electron chi connectivity index (χ4n) is 1.64. The summed E-state index contributed by atoms with van der Waals surface area (Å²) in [7, 11) is 0. The second kappa shape index (κ2) is 8.17. The molecule has 0 spiro atoms. The van der Waals surface area contributed by atoms with Crippen molar-refractivity contribution in [3.05, 3.63) is 29.3 Å². The molecule has 0 aromatic heterocycles. The molecule has 1 aromatic rings. The third-order valence-electron chi connectivity index (χ3n) is 2.83. The Hall–Kier alpha value is -2.20. The third-order valence-corrected chi connectivity index (χ3v) is 3.47. The summed E-state index contributed by atoms with van der Waals surface area (Å²) in [6.07, 6.45) is 2.22. The van der Waals surface area contributed by atoms with Gasteiger partial charge in [0.25, 0.3) is 0 Å². The van der Waals surface area contributed by atoms with Crippen molar-refractivity contribution < 1.29 is 14.7 Å². The largest absolute Gasteiger partial charge is 0.480 e. The van der Waals surface area contributed by atoms with Gasteiger partial charge in [-0.05, 0) is 43.0 Å². The maximum absolute atomic E-state index is 11.9. The molecule has 0 aliphatic rings. The van der Waals surface area contributed by atoms with Crippen LogP contribution in [-0.2, 0) is 4.79 Å². The zero-order valence-electron chi connectivity index (χ0n) is 11.8.